The Morgan fingerprint density at radius 1 is 1.18 bits per heavy atom. The van der Waals surface area contributed by atoms with Crippen LogP contribution in [0.15, 0.2) is 48.5 Å². The lowest BCUT2D eigenvalue weighted by molar-refractivity contribution is -0.134. The highest BCUT2D eigenvalue weighted by atomic mass is 35.5. The van der Waals surface area contributed by atoms with E-state index in [4.69, 9.17) is 16.3 Å². The van der Waals surface area contributed by atoms with E-state index in [1.165, 1.54) is 18.3 Å². The fraction of sp³-hybridized carbons (Fsp3) is 0.0588. The third-order valence-corrected chi connectivity index (χ3v) is 4.35. The Hall–Kier alpha value is -2.17. The number of thiazole rings is 1. The SMILES string of the molecule is CC(=O)O/C(=C\c1ccccc1Cl)c1nc2ccccc2s1. The van der Waals surface area contributed by atoms with Crippen molar-refractivity contribution in [2.75, 3.05) is 0 Å². The first-order valence-electron chi connectivity index (χ1n) is 6.64. The predicted octanol–water partition coefficient (Wildman–Crippen LogP) is 5.01. The molecule has 1 heterocycles. The lowest BCUT2D eigenvalue weighted by atomic mass is 10.2. The van der Waals surface area contributed by atoms with Gasteiger partial charge in [-0.15, -0.1) is 11.3 Å². The summed E-state index contributed by atoms with van der Waals surface area (Å²) >= 11 is 7.64. The van der Waals surface area contributed by atoms with Gasteiger partial charge in [0.15, 0.2) is 10.8 Å². The van der Waals surface area contributed by atoms with Crippen LogP contribution in [0.2, 0.25) is 5.02 Å². The van der Waals surface area contributed by atoms with Crippen LogP contribution in [0.3, 0.4) is 0 Å². The quantitative estimate of drug-likeness (QED) is 0.501. The number of hydrogen-bond donors (Lipinski definition) is 0. The van der Waals surface area contributed by atoms with Crippen molar-refractivity contribution in [3.63, 3.8) is 0 Å². The zero-order chi connectivity index (χ0) is 15.5. The fourth-order valence-electron chi connectivity index (χ4n) is 2.00. The molecule has 0 atom stereocenters. The minimum atomic E-state index is -0.391. The average molecular weight is 330 g/mol. The summed E-state index contributed by atoms with van der Waals surface area (Å²) in [6, 6.07) is 15.2. The number of fused-ring (bicyclic) bond motifs is 1. The summed E-state index contributed by atoms with van der Waals surface area (Å²) in [5, 5.41) is 1.24. The van der Waals surface area contributed by atoms with Crippen LogP contribution < -0.4 is 0 Å². The van der Waals surface area contributed by atoms with Crippen molar-refractivity contribution < 1.29 is 9.53 Å². The molecule has 0 saturated carbocycles. The summed E-state index contributed by atoms with van der Waals surface area (Å²) < 4.78 is 6.37. The fourth-order valence-corrected chi connectivity index (χ4v) is 3.11. The van der Waals surface area contributed by atoms with Crippen molar-refractivity contribution in [1.82, 2.24) is 4.98 Å². The number of carbonyl (C=O) groups excluding carboxylic acids is 1. The van der Waals surface area contributed by atoms with Crippen LogP contribution in [-0.4, -0.2) is 11.0 Å². The second-order valence-corrected chi connectivity index (χ2v) is 6.05. The van der Waals surface area contributed by atoms with Crippen LogP contribution >= 0.6 is 22.9 Å². The molecule has 0 spiro atoms. The summed E-state index contributed by atoms with van der Waals surface area (Å²) in [4.78, 5) is 15.9. The molecule has 0 unspecified atom stereocenters. The van der Waals surface area contributed by atoms with E-state index >= 15 is 0 Å². The van der Waals surface area contributed by atoms with E-state index in [0.29, 0.717) is 15.8 Å². The molecule has 0 saturated heterocycles. The summed E-state index contributed by atoms with van der Waals surface area (Å²) in [5.41, 5.74) is 1.65. The van der Waals surface area contributed by atoms with Crippen LogP contribution in [0.25, 0.3) is 22.1 Å². The largest absolute Gasteiger partial charge is 0.423 e. The molecule has 0 aliphatic heterocycles. The topological polar surface area (TPSA) is 39.2 Å². The molecular formula is C17H12ClNO2S. The second-order valence-electron chi connectivity index (χ2n) is 4.61. The molecule has 5 heteroatoms. The monoisotopic (exact) mass is 329 g/mol. The third kappa shape index (κ3) is 3.18. The van der Waals surface area contributed by atoms with Gasteiger partial charge in [-0.1, -0.05) is 41.9 Å². The van der Waals surface area contributed by atoms with Crippen molar-refractivity contribution in [2.24, 2.45) is 0 Å². The van der Waals surface area contributed by atoms with Crippen LogP contribution in [0.5, 0.6) is 0 Å². The van der Waals surface area contributed by atoms with Gasteiger partial charge in [0.2, 0.25) is 0 Å². The molecule has 0 amide bonds. The lowest BCUT2D eigenvalue weighted by Gasteiger charge is -2.05. The minimum Gasteiger partial charge on any atom is -0.423 e. The van der Waals surface area contributed by atoms with Gasteiger partial charge in [0.1, 0.15) is 0 Å². The van der Waals surface area contributed by atoms with Crippen LogP contribution in [-0.2, 0) is 9.53 Å². The molecule has 3 nitrogen and oxygen atoms in total. The summed E-state index contributed by atoms with van der Waals surface area (Å²) in [6.45, 7) is 1.37. The van der Waals surface area contributed by atoms with Crippen molar-refractivity contribution >= 4 is 51.0 Å². The number of halogens is 1. The van der Waals surface area contributed by atoms with Crippen molar-refractivity contribution in [3.8, 4) is 0 Å². The molecule has 0 aliphatic rings. The Labute approximate surface area is 136 Å². The summed E-state index contributed by atoms with van der Waals surface area (Å²) in [7, 11) is 0. The molecule has 3 aromatic rings. The molecule has 2 aromatic carbocycles. The normalized spacial score (nSPS) is 11.6. The number of carbonyl (C=O) groups is 1. The highest BCUT2D eigenvalue weighted by Gasteiger charge is 2.13. The van der Waals surface area contributed by atoms with E-state index in [1.54, 1.807) is 12.1 Å². The van der Waals surface area contributed by atoms with E-state index in [1.807, 2.05) is 42.5 Å². The number of para-hydroxylation sites is 1. The Kier molecular flexibility index (Phi) is 4.22. The summed E-state index contributed by atoms with van der Waals surface area (Å²) in [5.74, 6) is 0.0133. The maximum atomic E-state index is 11.4. The maximum absolute atomic E-state index is 11.4. The average Bonchev–Trinajstić information content (AvgIpc) is 2.92. The maximum Gasteiger partial charge on any atom is 0.308 e. The zero-order valence-electron chi connectivity index (χ0n) is 11.7. The van der Waals surface area contributed by atoms with Crippen LogP contribution in [0.1, 0.15) is 17.5 Å². The van der Waals surface area contributed by atoms with Gasteiger partial charge in [-0.05, 0) is 29.8 Å². The first-order valence-corrected chi connectivity index (χ1v) is 7.83. The number of rotatable bonds is 3. The van der Waals surface area contributed by atoms with Crippen LogP contribution in [0, 0.1) is 0 Å². The Morgan fingerprint density at radius 2 is 1.91 bits per heavy atom. The number of hydrogen-bond acceptors (Lipinski definition) is 4. The minimum absolute atomic E-state index is 0.391. The van der Waals surface area contributed by atoms with Crippen molar-refractivity contribution in [2.45, 2.75) is 6.92 Å². The van der Waals surface area contributed by atoms with E-state index in [2.05, 4.69) is 4.98 Å². The number of aromatic nitrogens is 1. The molecule has 110 valence electrons. The van der Waals surface area contributed by atoms with Crippen molar-refractivity contribution in [1.29, 1.82) is 0 Å². The number of benzene rings is 2. The third-order valence-electron chi connectivity index (χ3n) is 2.95. The van der Waals surface area contributed by atoms with Crippen molar-refractivity contribution in [3.05, 3.63) is 64.1 Å². The first kappa shape index (κ1) is 14.8. The predicted molar refractivity (Wildman–Crippen MR) is 90.7 cm³/mol. The van der Waals surface area contributed by atoms with Gasteiger partial charge in [0.25, 0.3) is 0 Å². The highest BCUT2D eigenvalue weighted by Crippen LogP contribution is 2.30. The molecule has 1 aromatic heterocycles. The number of esters is 1. The van der Waals surface area contributed by atoms with Gasteiger partial charge in [-0.25, -0.2) is 4.98 Å². The zero-order valence-corrected chi connectivity index (χ0v) is 13.3. The van der Waals surface area contributed by atoms with Gasteiger partial charge in [0.05, 0.1) is 10.2 Å². The molecule has 0 fully saturated rings. The van der Waals surface area contributed by atoms with E-state index < -0.39 is 5.97 Å². The molecule has 3 rings (SSSR count). The molecule has 0 aliphatic carbocycles. The van der Waals surface area contributed by atoms with E-state index in [9.17, 15) is 4.79 Å². The molecule has 0 bridgehead atoms. The van der Waals surface area contributed by atoms with E-state index in [-0.39, 0.29) is 0 Å². The lowest BCUT2D eigenvalue weighted by Crippen LogP contribution is -1.98. The van der Waals surface area contributed by atoms with Gasteiger partial charge < -0.3 is 4.74 Å². The number of ether oxygens (including phenoxy) is 1. The van der Waals surface area contributed by atoms with Gasteiger partial charge in [-0.2, -0.15) is 0 Å². The van der Waals surface area contributed by atoms with Gasteiger partial charge in [0, 0.05) is 11.9 Å². The Morgan fingerprint density at radius 3 is 2.64 bits per heavy atom. The molecule has 22 heavy (non-hydrogen) atoms. The number of nitrogens with zero attached hydrogens (tertiary/aromatic N) is 1. The Bertz CT molecular complexity index is 837. The smallest absolute Gasteiger partial charge is 0.308 e. The standard InChI is InChI=1S/C17H12ClNO2S/c1-11(20)21-15(10-12-6-2-3-7-13(12)18)17-19-14-8-4-5-9-16(14)22-17/h2-10H,1H3/b15-10-. The Balaban J connectivity index is 2.10. The summed E-state index contributed by atoms with van der Waals surface area (Å²) in [6.07, 6.45) is 1.74. The van der Waals surface area contributed by atoms with Gasteiger partial charge >= 0.3 is 5.97 Å². The second kappa shape index (κ2) is 6.30. The molecule has 0 radical (unpaired) electrons. The highest BCUT2D eigenvalue weighted by molar-refractivity contribution is 7.19. The van der Waals surface area contributed by atoms with Crippen LogP contribution in [0.4, 0.5) is 0 Å². The molecule has 0 N–H and O–H groups in total. The first-order chi connectivity index (χ1) is 10.6. The van der Waals surface area contributed by atoms with Gasteiger partial charge in [-0.3, -0.25) is 4.79 Å². The van der Waals surface area contributed by atoms with E-state index in [0.717, 1.165) is 15.8 Å². The molecular weight excluding hydrogens is 318 g/mol.